The Morgan fingerprint density at radius 1 is 1.14 bits per heavy atom. The fourth-order valence-electron chi connectivity index (χ4n) is 2.00. The van der Waals surface area contributed by atoms with E-state index in [9.17, 15) is 9.59 Å². The van der Waals surface area contributed by atoms with Crippen LogP contribution in [0.25, 0.3) is 5.69 Å². The number of alkyl halides is 1. The minimum absolute atomic E-state index is 0.199. The lowest BCUT2D eigenvalue weighted by atomic mass is 10.1. The van der Waals surface area contributed by atoms with Crippen molar-refractivity contribution < 1.29 is 4.79 Å². The monoisotopic (exact) mass is 343 g/mol. The number of aromatic nitrogens is 1. The van der Waals surface area contributed by atoms with Gasteiger partial charge in [0.25, 0.3) is 5.56 Å². The average molecular weight is 345 g/mol. The summed E-state index contributed by atoms with van der Waals surface area (Å²) in [6.45, 7) is 0. The molecule has 0 bridgehead atoms. The Hall–Kier alpha value is -1.29. The lowest BCUT2D eigenvalue weighted by Crippen LogP contribution is -2.23. The van der Waals surface area contributed by atoms with E-state index in [4.69, 9.17) is 34.8 Å². The third-order valence-electron chi connectivity index (χ3n) is 3.06. The predicted molar refractivity (Wildman–Crippen MR) is 86.5 cm³/mol. The van der Waals surface area contributed by atoms with Crippen LogP contribution in [0.4, 0.5) is 0 Å². The van der Waals surface area contributed by atoms with Crippen molar-refractivity contribution in [2.75, 3.05) is 5.88 Å². The van der Waals surface area contributed by atoms with Gasteiger partial charge in [0.1, 0.15) is 0 Å². The normalized spacial score (nSPS) is 10.6. The van der Waals surface area contributed by atoms with Gasteiger partial charge in [-0.25, -0.2) is 0 Å². The topological polar surface area (TPSA) is 39.1 Å². The molecule has 6 heteroatoms. The molecule has 0 radical (unpaired) electrons. The molecule has 0 saturated carbocycles. The molecule has 3 nitrogen and oxygen atoms in total. The molecule has 0 aliphatic rings. The van der Waals surface area contributed by atoms with Crippen LogP contribution in [0.1, 0.15) is 22.3 Å². The van der Waals surface area contributed by atoms with Gasteiger partial charge < -0.3 is 0 Å². The predicted octanol–water partition coefficient (Wildman–Crippen LogP) is 4.13. The van der Waals surface area contributed by atoms with E-state index in [2.05, 4.69) is 0 Å². The molecule has 21 heavy (non-hydrogen) atoms. The zero-order chi connectivity index (χ0) is 15.4. The molecule has 0 unspecified atom stereocenters. The average Bonchev–Trinajstić information content (AvgIpc) is 2.49. The summed E-state index contributed by atoms with van der Waals surface area (Å²) in [5.74, 6) is 0.419. The van der Waals surface area contributed by atoms with Crippen molar-refractivity contribution in [2.24, 2.45) is 0 Å². The summed E-state index contributed by atoms with van der Waals surface area (Å²) < 4.78 is 1.40. The van der Waals surface area contributed by atoms with Gasteiger partial charge >= 0.3 is 0 Å². The largest absolute Gasteiger partial charge is 0.298 e. The van der Waals surface area contributed by atoms with Gasteiger partial charge in [-0.3, -0.25) is 14.2 Å². The van der Waals surface area contributed by atoms with Crippen LogP contribution in [0.5, 0.6) is 0 Å². The van der Waals surface area contributed by atoms with Crippen LogP contribution in [0.2, 0.25) is 10.0 Å². The van der Waals surface area contributed by atoms with E-state index in [0.29, 0.717) is 41.3 Å². The number of hydrogen-bond donors (Lipinski definition) is 0. The second kappa shape index (κ2) is 7.12. The van der Waals surface area contributed by atoms with Crippen molar-refractivity contribution in [1.82, 2.24) is 4.57 Å². The molecule has 0 amide bonds. The van der Waals surface area contributed by atoms with E-state index in [-0.39, 0.29) is 16.1 Å². The zero-order valence-electron chi connectivity index (χ0n) is 11.0. The van der Waals surface area contributed by atoms with Crippen LogP contribution in [-0.4, -0.2) is 16.7 Å². The maximum atomic E-state index is 12.5. The number of benzene rings is 1. The Kier molecular flexibility index (Phi) is 5.45. The van der Waals surface area contributed by atoms with E-state index in [0.717, 1.165) is 0 Å². The van der Waals surface area contributed by atoms with Crippen molar-refractivity contribution >= 4 is 41.1 Å². The lowest BCUT2D eigenvalue weighted by Gasteiger charge is -2.12. The first-order chi connectivity index (χ1) is 10.1. The highest BCUT2D eigenvalue weighted by Gasteiger charge is 2.14. The van der Waals surface area contributed by atoms with Crippen LogP contribution in [0.15, 0.2) is 35.3 Å². The van der Waals surface area contributed by atoms with Crippen molar-refractivity contribution in [3.05, 3.63) is 62.0 Å². The lowest BCUT2D eigenvalue weighted by molar-refractivity contribution is 0.112. The number of pyridine rings is 1. The molecule has 0 N–H and O–H groups in total. The van der Waals surface area contributed by atoms with E-state index in [1.807, 2.05) is 0 Å². The minimum atomic E-state index is -0.252. The van der Waals surface area contributed by atoms with Gasteiger partial charge in [0, 0.05) is 28.4 Å². The Morgan fingerprint density at radius 2 is 1.81 bits per heavy atom. The van der Waals surface area contributed by atoms with Crippen LogP contribution in [-0.2, 0) is 6.42 Å². The Morgan fingerprint density at radius 3 is 2.38 bits per heavy atom. The summed E-state index contributed by atoms with van der Waals surface area (Å²) in [6.07, 6.45) is 3.11. The summed E-state index contributed by atoms with van der Waals surface area (Å²) in [4.78, 5) is 23.7. The summed E-state index contributed by atoms with van der Waals surface area (Å²) in [5, 5.41) is 0.768. The van der Waals surface area contributed by atoms with Gasteiger partial charge in [-0.2, -0.15) is 0 Å². The fourth-order valence-corrected chi connectivity index (χ4v) is 2.53. The highest BCUT2D eigenvalue weighted by molar-refractivity contribution is 6.33. The molecule has 0 aliphatic heterocycles. The molecule has 2 aromatic rings. The van der Waals surface area contributed by atoms with Gasteiger partial charge in [0.2, 0.25) is 0 Å². The van der Waals surface area contributed by atoms with Crippen LogP contribution in [0, 0.1) is 0 Å². The molecular weight excluding hydrogens is 333 g/mol. The molecule has 0 spiro atoms. The number of carbonyl (C=O) groups excluding carboxylic acids is 1. The second-order valence-electron chi connectivity index (χ2n) is 4.44. The van der Waals surface area contributed by atoms with Crippen LogP contribution in [0.3, 0.4) is 0 Å². The van der Waals surface area contributed by atoms with E-state index in [1.54, 1.807) is 24.3 Å². The summed E-state index contributed by atoms with van der Waals surface area (Å²) in [6, 6.07) is 6.77. The van der Waals surface area contributed by atoms with E-state index >= 15 is 0 Å². The number of rotatable bonds is 5. The molecular formula is C15H12Cl3NO2. The quantitative estimate of drug-likeness (QED) is 0.604. The van der Waals surface area contributed by atoms with Gasteiger partial charge in [-0.15, -0.1) is 11.6 Å². The van der Waals surface area contributed by atoms with Gasteiger partial charge in [-0.1, -0.05) is 23.2 Å². The molecule has 0 aliphatic carbocycles. The molecule has 1 heterocycles. The number of nitrogens with zero attached hydrogens (tertiary/aromatic N) is 1. The van der Waals surface area contributed by atoms with Crippen molar-refractivity contribution in [3.63, 3.8) is 0 Å². The first kappa shape index (κ1) is 16.1. The summed E-state index contributed by atoms with van der Waals surface area (Å²) >= 11 is 17.6. The maximum absolute atomic E-state index is 12.5. The summed E-state index contributed by atoms with van der Waals surface area (Å²) in [7, 11) is 0. The van der Waals surface area contributed by atoms with Crippen molar-refractivity contribution in [2.45, 2.75) is 12.8 Å². The first-order valence-corrected chi connectivity index (χ1v) is 7.58. The molecule has 1 aromatic heterocycles. The SMILES string of the molecule is O=Cc1cn(-c2ccc(Cl)cc2)c(=O)c(CCCCl)c1Cl. The van der Waals surface area contributed by atoms with Crippen LogP contribution >= 0.6 is 34.8 Å². The van der Waals surface area contributed by atoms with Gasteiger partial charge in [-0.05, 0) is 37.1 Å². The Balaban J connectivity index is 2.63. The fraction of sp³-hybridized carbons (Fsp3) is 0.200. The van der Waals surface area contributed by atoms with Gasteiger partial charge in [0.05, 0.1) is 10.6 Å². The molecule has 1 aromatic carbocycles. The standard InChI is InChI=1S/C15H12Cl3NO2/c16-7-1-2-13-14(18)10(9-20)8-19(15(13)21)12-5-3-11(17)4-6-12/h3-6,8-9H,1-2,7H2. The first-order valence-electron chi connectivity index (χ1n) is 6.29. The highest BCUT2D eigenvalue weighted by atomic mass is 35.5. The Labute approximate surface area is 137 Å². The molecule has 2 rings (SSSR count). The third-order valence-corrected chi connectivity index (χ3v) is 4.02. The van der Waals surface area contributed by atoms with Crippen molar-refractivity contribution in [1.29, 1.82) is 0 Å². The van der Waals surface area contributed by atoms with Gasteiger partial charge in [0.15, 0.2) is 6.29 Å². The number of halogens is 3. The van der Waals surface area contributed by atoms with E-state index < -0.39 is 0 Å². The van der Waals surface area contributed by atoms with E-state index in [1.165, 1.54) is 10.8 Å². The molecule has 0 saturated heterocycles. The Bertz CT molecular complexity index is 708. The second-order valence-corrected chi connectivity index (χ2v) is 5.63. The molecule has 110 valence electrons. The third kappa shape index (κ3) is 3.49. The molecule has 0 fully saturated rings. The smallest absolute Gasteiger partial charge is 0.259 e. The number of aldehydes is 1. The van der Waals surface area contributed by atoms with Crippen LogP contribution < -0.4 is 5.56 Å². The number of hydrogen-bond acceptors (Lipinski definition) is 2. The zero-order valence-corrected chi connectivity index (χ0v) is 13.3. The molecule has 0 atom stereocenters. The summed E-state index contributed by atoms with van der Waals surface area (Å²) in [5.41, 5.74) is 1.04. The minimum Gasteiger partial charge on any atom is -0.298 e. The van der Waals surface area contributed by atoms with Crippen molar-refractivity contribution in [3.8, 4) is 5.69 Å². The highest BCUT2D eigenvalue weighted by Crippen LogP contribution is 2.20. The maximum Gasteiger partial charge on any atom is 0.259 e. The number of carbonyl (C=O) groups is 1.